The molecule has 0 spiro atoms. The summed E-state index contributed by atoms with van der Waals surface area (Å²) in [6, 6.07) is 5.52. The van der Waals surface area contributed by atoms with Crippen molar-refractivity contribution in [2.24, 2.45) is 11.7 Å². The third-order valence-electron chi connectivity index (χ3n) is 4.83. The summed E-state index contributed by atoms with van der Waals surface area (Å²) in [7, 11) is 0. The molecule has 0 aliphatic heterocycles. The Morgan fingerprint density at radius 3 is 2.65 bits per heavy atom. The van der Waals surface area contributed by atoms with E-state index in [9.17, 15) is 9.90 Å². The van der Waals surface area contributed by atoms with Crippen molar-refractivity contribution in [1.29, 1.82) is 0 Å². The van der Waals surface area contributed by atoms with Crippen LogP contribution in [0.5, 0.6) is 0 Å². The summed E-state index contributed by atoms with van der Waals surface area (Å²) in [5.74, 6) is 0.301. The number of hydrogen-bond donors (Lipinski definition) is 2. The van der Waals surface area contributed by atoms with Gasteiger partial charge in [0.25, 0.3) is 0 Å². The summed E-state index contributed by atoms with van der Waals surface area (Å²) >= 11 is 12.1. The Morgan fingerprint density at radius 2 is 2.13 bits per heavy atom. The molecule has 1 saturated carbocycles. The van der Waals surface area contributed by atoms with Crippen LogP contribution in [0.3, 0.4) is 0 Å². The van der Waals surface area contributed by atoms with Gasteiger partial charge in [0.2, 0.25) is 0 Å². The minimum absolute atomic E-state index is 0.301. The van der Waals surface area contributed by atoms with Crippen LogP contribution in [-0.4, -0.2) is 22.9 Å². The number of nitrogens with two attached hydrogens (primary N) is 1. The Labute approximate surface area is 146 Å². The van der Waals surface area contributed by atoms with Crippen molar-refractivity contribution in [1.82, 2.24) is 0 Å². The summed E-state index contributed by atoms with van der Waals surface area (Å²) in [6.07, 6.45) is 1.11. The summed E-state index contributed by atoms with van der Waals surface area (Å²) in [5, 5.41) is 11.3. The highest BCUT2D eigenvalue weighted by atomic mass is 35.5. The first kappa shape index (κ1) is 18.4. The number of amides is 1. The number of aliphatic hydroxyl groups is 1. The molecule has 1 aliphatic rings. The van der Waals surface area contributed by atoms with E-state index in [1.165, 1.54) is 0 Å². The van der Waals surface area contributed by atoms with Gasteiger partial charge in [-0.3, -0.25) is 0 Å². The molecule has 3 atom stereocenters. The smallest absolute Gasteiger partial charge is 0.405 e. The van der Waals surface area contributed by atoms with Crippen LogP contribution in [-0.2, 0) is 10.2 Å². The van der Waals surface area contributed by atoms with Crippen molar-refractivity contribution in [3.63, 3.8) is 0 Å². The predicted octanol–water partition coefficient (Wildman–Crippen LogP) is 4.29. The minimum Gasteiger partial charge on any atom is -0.444 e. The van der Waals surface area contributed by atoms with Gasteiger partial charge in [0.05, 0.1) is 16.1 Å². The van der Waals surface area contributed by atoms with E-state index in [0.717, 1.165) is 18.4 Å². The number of carbonyl (C=O) groups excluding carboxylic acids is 1. The summed E-state index contributed by atoms with van der Waals surface area (Å²) in [6.45, 7) is 5.47. The van der Waals surface area contributed by atoms with Crippen molar-refractivity contribution < 1.29 is 14.6 Å². The molecule has 0 radical (unpaired) electrons. The van der Waals surface area contributed by atoms with Crippen molar-refractivity contribution in [3.05, 3.63) is 33.8 Å². The Bertz CT molecular complexity index is 604. The summed E-state index contributed by atoms with van der Waals surface area (Å²) in [5.41, 5.74) is 5.17. The number of halogens is 2. The largest absolute Gasteiger partial charge is 0.444 e. The zero-order chi connectivity index (χ0) is 17.4. The number of carbonyl (C=O) groups is 1. The number of aliphatic hydroxyl groups excluding tert-OH is 1. The molecular weight excluding hydrogens is 337 g/mol. The fourth-order valence-electron chi connectivity index (χ4n) is 3.45. The maximum atomic E-state index is 10.9. The molecule has 1 aromatic carbocycles. The van der Waals surface area contributed by atoms with Crippen LogP contribution in [0, 0.1) is 5.92 Å². The van der Waals surface area contributed by atoms with Gasteiger partial charge in [-0.15, -0.1) is 0 Å². The van der Waals surface area contributed by atoms with Gasteiger partial charge in [-0.05, 0) is 63.6 Å². The third-order valence-corrected chi connectivity index (χ3v) is 5.57. The monoisotopic (exact) mass is 359 g/mol. The first-order valence-corrected chi connectivity index (χ1v) is 8.46. The zero-order valence-electron chi connectivity index (χ0n) is 13.6. The number of benzene rings is 1. The molecule has 23 heavy (non-hydrogen) atoms. The molecule has 1 fully saturated rings. The lowest BCUT2D eigenvalue weighted by Crippen LogP contribution is -2.32. The van der Waals surface area contributed by atoms with Gasteiger partial charge >= 0.3 is 6.09 Å². The topological polar surface area (TPSA) is 72.6 Å². The van der Waals surface area contributed by atoms with Gasteiger partial charge in [0.1, 0.15) is 5.60 Å². The van der Waals surface area contributed by atoms with E-state index in [4.69, 9.17) is 33.7 Å². The molecule has 0 saturated heterocycles. The maximum absolute atomic E-state index is 10.9. The van der Waals surface area contributed by atoms with Gasteiger partial charge in [-0.25, -0.2) is 4.79 Å². The standard InChI is InChI=1S/C17H23Cl2NO3/c1-10(21)17(11-4-5-13(18)14(19)8-11)9-12(17)6-7-16(2,3)23-15(20)22/h4-5,8,10,12,21H,6-7,9H2,1-3H3,(H2,20,22). The molecule has 1 aliphatic carbocycles. The fraction of sp³-hybridized carbons (Fsp3) is 0.588. The summed E-state index contributed by atoms with van der Waals surface area (Å²) in [4.78, 5) is 10.9. The highest BCUT2D eigenvalue weighted by Gasteiger charge is 2.58. The quantitative estimate of drug-likeness (QED) is 0.795. The SMILES string of the molecule is CC(O)C1(c2ccc(Cl)c(Cl)c2)CC1CCC(C)(C)OC(N)=O. The molecule has 2 rings (SSSR count). The normalized spacial score (nSPS) is 25.0. The molecule has 6 heteroatoms. The first-order valence-electron chi connectivity index (χ1n) is 7.70. The summed E-state index contributed by atoms with van der Waals surface area (Å²) < 4.78 is 5.12. The lowest BCUT2D eigenvalue weighted by Gasteiger charge is -2.26. The average molecular weight is 360 g/mol. The zero-order valence-corrected chi connectivity index (χ0v) is 15.1. The number of rotatable bonds is 6. The number of primary amides is 1. The molecule has 3 N–H and O–H groups in total. The van der Waals surface area contributed by atoms with E-state index in [1.54, 1.807) is 13.0 Å². The van der Waals surface area contributed by atoms with Crippen molar-refractivity contribution in [2.45, 2.75) is 57.2 Å². The van der Waals surface area contributed by atoms with Crippen molar-refractivity contribution >= 4 is 29.3 Å². The number of ether oxygens (including phenoxy) is 1. The van der Waals surface area contributed by atoms with E-state index in [2.05, 4.69) is 0 Å². The van der Waals surface area contributed by atoms with Gasteiger partial charge in [0.15, 0.2) is 0 Å². The van der Waals surface area contributed by atoms with Crippen LogP contribution in [0.15, 0.2) is 18.2 Å². The second kappa shape index (κ2) is 6.50. The Balaban J connectivity index is 2.11. The van der Waals surface area contributed by atoms with Crippen LogP contribution < -0.4 is 5.73 Å². The minimum atomic E-state index is -0.767. The second-order valence-corrected chi connectivity index (χ2v) is 7.78. The van der Waals surface area contributed by atoms with E-state index in [1.807, 2.05) is 26.0 Å². The van der Waals surface area contributed by atoms with E-state index < -0.39 is 17.8 Å². The van der Waals surface area contributed by atoms with Crippen LogP contribution in [0.25, 0.3) is 0 Å². The average Bonchev–Trinajstić information content (AvgIpc) is 3.14. The fourth-order valence-corrected chi connectivity index (χ4v) is 3.74. The molecule has 4 nitrogen and oxygen atoms in total. The number of hydrogen-bond acceptors (Lipinski definition) is 3. The van der Waals surface area contributed by atoms with Gasteiger partial charge in [-0.1, -0.05) is 29.3 Å². The molecule has 0 bridgehead atoms. The third kappa shape index (κ3) is 3.93. The highest BCUT2D eigenvalue weighted by Crippen LogP contribution is 2.59. The van der Waals surface area contributed by atoms with Crippen LogP contribution in [0.2, 0.25) is 10.0 Å². The lowest BCUT2D eigenvalue weighted by molar-refractivity contribution is 0.0350. The Morgan fingerprint density at radius 1 is 1.48 bits per heavy atom. The first-order chi connectivity index (χ1) is 10.6. The Hall–Kier alpha value is -0.970. The predicted molar refractivity (Wildman–Crippen MR) is 91.9 cm³/mol. The molecule has 0 aromatic heterocycles. The molecule has 1 amide bonds. The van der Waals surface area contributed by atoms with Gasteiger partial charge < -0.3 is 15.6 Å². The van der Waals surface area contributed by atoms with E-state index in [0.29, 0.717) is 22.4 Å². The molecule has 1 aromatic rings. The maximum Gasteiger partial charge on any atom is 0.405 e. The van der Waals surface area contributed by atoms with E-state index in [-0.39, 0.29) is 5.41 Å². The van der Waals surface area contributed by atoms with Crippen LogP contribution >= 0.6 is 23.2 Å². The molecule has 3 unspecified atom stereocenters. The molecule has 128 valence electrons. The molecular formula is C17H23Cl2NO3. The second-order valence-electron chi connectivity index (χ2n) is 6.97. The Kier molecular flexibility index (Phi) is 5.19. The van der Waals surface area contributed by atoms with Crippen molar-refractivity contribution in [2.75, 3.05) is 0 Å². The lowest BCUT2D eigenvalue weighted by atomic mass is 9.86. The van der Waals surface area contributed by atoms with Gasteiger partial charge in [-0.2, -0.15) is 0 Å². The van der Waals surface area contributed by atoms with Crippen molar-refractivity contribution in [3.8, 4) is 0 Å². The van der Waals surface area contributed by atoms with Crippen LogP contribution in [0.1, 0.15) is 45.6 Å². The van der Waals surface area contributed by atoms with Crippen LogP contribution in [0.4, 0.5) is 4.79 Å². The molecule has 0 heterocycles. The van der Waals surface area contributed by atoms with E-state index >= 15 is 0 Å². The highest BCUT2D eigenvalue weighted by molar-refractivity contribution is 6.42. The van der Waals surface area contributed by atoms with Gasteiger partial charge in [0, 0.05) is 5.41 Å².